The van der Waals surface area contributed by atoms with Crippen molar-refractivity contribution >= 4 is 5.97 Å². The van der Waals surface area contributed by atoms with Crippen LogP contribution in [-0.4, -0.2) is 41.3 Å². The number of carboxylic acids is 1. The Hall–Kier alpha value is -4.15. The summed E-state index contributed by atoms with van der Waals surface area (Å²) in [4.78, 5) is 18.2. The minimum Gasteiger partial charge on any atom is -0.476 e. The van der Waals surface area contributed by atoms with E-state index < -0.39 is 17.6 Å². The van der Waals surface area contributed by atoms with Crippen LogP contribution in [0.2, 0.25) is 0 Å². The number of halogens is 2. The standard InChI is InChI=1S/C18H12F2N6O3/c1-9-16(18(27)28)23-17(22-9)10-2-5-14(13(6-10)26-8-21-24-25-26)29-15-7-11(19)3-4-12(15)20/h2-8H,1H3,(H,22,23)(H,27,28). The number of carbonyl (C=O) groups is 1. The first-order valence-electron chi connectivity index (χ1n) is 8.23. The van der Waals surface area contributed by atoms with Crippen LogP contribution in [0.4, 0.5) is 8.78 Å². The van der Waals surface area contributed by atoms with Crippen LogP contribution in [0.15, 0.2) is 42.7 Å². The number of aryl methyl sites for hydroxylation is 1. The summed E-state index contributed by atoms with van der Waals surface area (Å²) in [7, 11) is 0. The number of tetrazole rings is 1. The molecule has 9 nitrogen and oxygen atoms in total. The second kappa shape index (κ2) is 7.11. The fraction of sp³-hybridized carbons (Fsp3) is 0.0556. The second-order valence-electron chi connectivity index (χ2n) is 5.98. The molecule has 0 fully saturated rings. The van der Waals surface area contributed by atoms with Gasteiger partial charge in [0, 0.05) is 17.3 Å². The third-order valence-electron chi connectivity index (χ3n) is 4.03. The van der Waals surface area contributed by atoms with Crippen molar-refractivity contribution in [3.8, 4) is 28.6 Å². The largest absolute Gasteiger partial charge is 0.476 e. The maximum atomic E-state index is 14.0. The normalized spacial score (nSPS) is 10.9. The zero-order valence-corrected chi connectivity index (χ0v) is 14.8. The quantitative estimate of drug-likeness (QED) is 0.530. The molecule has 11 heteroatoms. The smallest absolute Gasteiger partial charge is 0.356 e. The van der Waals surface area contributed by atoms with Gasteiger partial charge in [0.2, 0.25) is 0 Å². The van der Waals surface area contributed by atoms with E-state index in [1.807, 2.05) is 0 Å². The molecule has 0 saturated heterocycles. The summed E-state index contributed by atoms with van der Waals surface area (Å²) in [5.41, 5.74) is 1.10. The Balaban J connectivity index is 1.80. The van der Waals surface area contributed by atoms with Crippen LogP contribution in [-0.2, 0) is 0 Å². The number of hydrogen-bond donors (Lipinski definition) is 2. The lowest BCUT2D eigenvalue weighted by atomic mass is 10.1. The molecule has 4 rings (SSSR count). The third kappa shape index (κ3) is 3.52. The summed E-state index contributed by atoms with van der Waals surface area (Å²) in [6.07, 6.45) is 1.30. The first-order valence-corrected chi connectivity index (χ1v) is 8.23. The maximum Gasteiger partial charge on any atom is 0.356 e. The average molecular weight is 398 g/mol. The molecule has 0 unspecified atom stereocenters. The Morgan fingerprint density at radius 1 is 1.17 bits per heavy atom. The van der Waals surface area contributed by atoms with Crippen molar-refractivity contribution in [3.05, 3.63) is 65.7 Å². The number of H-pyrrole nitrogens is 1. The molecular weight excluding hydrogens is 386 g/mol. The van der Waals surface area contributed by atoms with Crippen molar-refractivity contribution < 1.29 is 23.4 Å². The Morgan fingerprint density at radius 3 is 2.69 bits per heavy atom. The SMILES string of the molecule is Cc1[nH]c(-c2ccc(Oc3cc(F)ccc3F)c(-n3cnnn3)c2)nc1C(=O)O. The highest BCUT2D eigenvalue weighted by Crippen LogP contribution is 2.33. The number of carboxylic acid groups (broad SMARTS) is 1. The van der Waals surface area contributed by atoms with Crippen LogP contribution in [0.5, 0.6) is 11.5 Å². The van der Waals surface area contributed by atoms with E-state index in [2.05, 4.69) is 25.5 Å². The first-order chi connectivity index (χ1) is 13.9. The van der Waals surface area contributed by atoms with Crippen LogP contribution < -0.4 is 4.74 Å². The number of aromatic amines is 1. The van der Waals surface area contributed by atoms with Crippen molar-refractivity contribution in [2.75, 3.05) is 0 Å². The topological polar surface area (TPSA) is 119 Å². The molecule has 0 atom stereocenters. The molecule has 4 aromatic rings. The van der Waals surface area contributed by atoms with Crippen LogP contribution in [0.25, 0.3) is 17.1 Å². The molecule has 0 aliphatic heterocycles. The number of imidazole rings is 1. The number of nitrogens with zero attached hydrogens (tertiary/aromatic N) is 5. The van der Waals surface area contributed by atoms with Gasteiger partial charge in [-0.25, -0.2) is 18.6 Å². The van der Waals surface area contributed by atoms with Crippen molar-refractivity contribution in [1.82, 2.24) is 30.2 Å². The fourth-order valence-electron chi connectivity index (χ4n) is 2.68. The minimum atomic E-state index is -1.16. The van der Waals surface area contributed by atoms with E-state index in [1.54, 1.807) is 19.1 Å². The molecule has 29 heavy (non-hydrogen) atoms. The average Bonchev–Trinajstić information content (AvgIpc) is 3.35. The summed E-state index contributed by atoms with van der Waals surface area (Å²) >= 11 is 0. The number of hydrogen-bond acceptors (Lipinski definition) is 6. The molecule has 0 bridgehead atoms. The van der Waals surface area contributed by atoms with Crippen LogP contribution >= 0.6 is 0 Å². The molecule has 2 heterocycles. The summed E-state index contributed by atoms with van der Waals surface area (Å²) < 4.78 is 34.3. The van der Waals surface area contributed by atoms with Gasteiger partial charge in [-0.05, 0) is 47.7 Å². The lowest BCUT2D eigenvalue weighted by molar-refractivity contribution is 0.0690. The first kappa shape index (κ1) is 18.2. The van der Waals surface area contributed by atoms with E-state index in [1.165, 1.54) is 17.1 Å². The van der Waals surface area contributed by atoms with Gasteiger partial charge in [-0.15, -0.1) is 5.10 Å². The van der Waals surface area contributed by atoms with E-state index >= 15 is 0 Å². The van der Waals surface area contributed by atoms with Crippen molar-refractivity contribution in [1.29, 1.82) is 0 Å². The lowest BCUT2D eigenvalue weighted by Crippen LogP contribution is -2.01. The Bertz CT molecular complexity index is 1210. The van der Waals surface area contributed by atoms with E-state index in [9.17, 15) is 18.7 Å². The zero-order valence-electron chi connectivity index (χ0n) is 14.8. The van der Waals surface area contributed by atoms with E-state index in [-0.39, 0.29) is 17.2 Å². The number of aromatic nitrogens is 6. The molecule has 2 aromatic heterocycles. The molecule has 2 aromatic carbocycles. The molecule has 0 spiro atoms. The molecule has 146 valence electrons. The summed E-state index contributed by atoms with van der Waals surface area (Å²) in [5, 5.41) is 20.1. The van der Waals surface area contributed by atoms with Crippen molar-refractivity contribution in [2.45, 2.75) is 6.92 Å². The Labute approximate surface area is 161 Å². The third-order valence-corrected chi connectivity index (χ3v) is 4.03. The van der Waals surface area contributed by atoms with E-state index in [0.29, 0.717) is 22.8 Å². The Morgan fingerprint density at radius 2 is 2.00 bits per heavy atom. The molecule has 0 radical (unpaired) electrons. The van der Waals surface area contributed by atoms with Gasteiger partial charge in [-0.1, -0.05) is 0 Å². The van der Waals surface area contributed by atoms with Gasteiger partial charge in [-0.3, -0.25) is 0 Å². The predicted molar refractivity (Wildman–Crippen MR) is 94.9 cm³/mol. The van der Waals surface area contributed by atoms with Gasteiger partial charge < -0.3 is 14.8 Å². The van der Waals surface area contributed by atoms with Gasteiger partial charge in [0.05, 0.1) is 0 Å². The minimum absolute atomic E-state index is 0.105. The predicted octanol–water partition coefficient (Wildman–Crippen LogP) is 3.13. The molecular formula is C18H12F2N6O3. The molecule has 0 aliphatic carbocycles. The maximum absolute atomic E-state index is 14.0. The molecule has 0 aliphatic rings. The zero-order chi connectivity index (χ0) is 20.5. The monoisotopic (exact) mass is 398 g/mol. The van der Waals surface area contributed by atoms with Crippen LogP contribution in [0, 0.1) is 18.6 Å². The molecule has 2 N–H and O–H groups in total. The highest BCUT2D eigenvalue weighted by molar-refractivity contribution is 5.87. The summed E-state index contributed by atoms with van der Waals surface area (Å²) in [6, 6.07) is 7.51. The van der Waals surface area contributed by atoms with Crippen LogP contribution in [0.3, 0.4) is 0 Å². The molecule has 0 amide bonds. The van der Waals surface area contributed by atoms with Gasteiger partial charge in [0.25, 0.3) is 0 Å². The van der Waals surface area contributed by atoms with Gasteiger partial charge in [0.1, 0.15) is 23.7 Å². The van der Waals surface area contributed by atoms with Gasteiger partial charge >= 0.3 is 5.97 Å². The number of nitrogens with one attached hydrogen (secondary N) is 1. The number of aromatic carboxylic acids is 1. The fourth-order valence-corrected chi connectivity index (χ4v) is 2.68. The van der Waals surface area contributed by atoms with Gasteiger partial charge in [0.15, 0.2) is 23.0 Å². The number of ether oxygens (including phenoxy) is 1. The number of benzene rings is 2. The highest BCUT2D eigenvalue weighted by atomic mass is 19.1. The number of rotatable bonds is 5. The highest BCUT2D eigenvalue weighted by Gasteiger charge is 2.18. The Kier molecular flexibility index (Phi) is 4.47. The molecule has 0 saturated carbocycles. The van der Waals surface area contributed by atoms with E-state index in [0.717, 1.165) is 18.2 Å². The lowest BCUT2D eigenvalue weighted by Gasteiger charge is -2.12. The van der Waals surface area contributed by atoms with Gasteiger partial charge in [-0.2, -0.15) is 4.68 Å². The second-order valence-corrected chi connectivity index (χ2v) is 5.98. The van der Waals surface area contributed by atoms with E-state index in [4.69, 9.17) is 4.74 Å². The summed E-state index contributed by atoms with van der Waals surface area (Å²) in [6.45, 7) is 1.59. The van der Waals surface area contributed by atoms with Crippen molar-refractivity contribution in [2.24, 2.45) is 0 Å². The summed E-state index contributed by atoms with van der Waals surface area (Å²) in [5.74, 6) is -2.42. The van der Waals surface area contributed by atoms with Crippen molar-refractivity contribution in [3.63, 3.8) is 0 Å². The van der Waals surface area contributed by atoms with Crippen LogP contribution in [0.1, 0.15) is 16.2 Å².